The Morgan fingerprint density at radius 2 is 1.46 bits per heavy atom. The molecule has 0 atom stereocenters. The minimum absolute atomic E-state index is 0.145. The first-order chi connectivity index (χ1) is 12.7. The van der Waals surface area contributed by atoms with E-state index >= 15 is 0 Å². The molecule has 1 aliphatic rings. The number of aromatic nitrogens is 2. The summed E-state index contributed by atoms with van der Waals surface area (Å²) in [7, 11) is 0. The number of hydrogen-bond donors (Lipinski definition) is 0. The molecule has 4 nitrogen and oxygen atoms in total. The van der Waals surface area contributed by atoms with Crippen molar-refractivity contribution in [3.63, 3.8) is 0 Å². The number of fused-ring (bicyclic) bond motifs is 3. The molecule has 0 bridgehead atoms. The van der Waals surface area contributed by atoms with Crippen molar-refractivity contribution in [2.75, 3.05) is 0 Å². The van der Waals surface area contributed by atoms with Gasteiger partial charge in [0.1, 0.15) is 11.4 Å². The number of imidazole rings is 1. The third-order valence-corrected chi connectivity index (χ3v) is 4.85. The fraction of sp³-hybridized carbons (Fsp3) is 0.0455. The second-order valence-corrected chi connectivity index (χ2v) is 6.46. The third-order valence-electron chi connectivity index (χ3n) is 4.85. The molecule has 0 saturated carbocycles. The number of carbonyl (C=O) groups is 2. The molecule has 0 N–H and O–H groups in total. The van der Waals surface area contributed by atoms with Gasteiger partial charge in [-0.15, -0.1) is 0 Å². The van der Waals surface area contributed by atoms with Gasteiger partial charge in [0.15, 0.2) is 0 Å². The number of benzene rings is 3. The molecule has 5 rings (SSSR count). The van der Waals surface area contributed by atoms with E-state index < -0.39 is 0 Å². The molecule has 0 radical (unpaired) electrons. The first-order valence-corrected chi connectivity index (χ1v) is 8.43. The predicted octanol–water partition coefficient (Wildman–Crippen LogP) is 3.86. The first kappa shape index (κ1) is 14.8. The predicted molar refractivity (Wildman–Crippen MR) is 98.6 cm³/mol. The summed E-state index contributed by atoms with van der Waals surface area (Å²) >= 11 is 0. The van der Waals surface area contributed by atoms with Crippen LogP contribution in [0.15, 0.2) is 73.1 Å². The molecule has 124 valence electrons. The van der Waals surface area contributed by atoms with Crippen molar-refractivity contribution in [2.24, 2.45) is 0 Å². The summed E-state index contributed by atoms with van der Waals surface area (Å²) in [6.07, 6.45) is 1.58. The number of rotatable bonds is 2. The molecule has 4 aromatic rings. The van der Waals surface area contributed by atoms with Gasteiger partial charge in [0.2, 0.25) is 11.6 Å². The maximum absolute atomic E-state index is 12.9. The number of hydrogen-bond acceptors (Lipinski definition) is 3. The fourth-order valence-electron chi connectivity index (χ4n) is 3.57. The van der Waals surface area contributed by atoms with Crippen molar-refractivity contribution in [3.05, 3.63) is 101 Å². The third kappa shape index (κ3) is 2.12. The van der Waals surface area contributed by atoms with Crippen molar-refractivity contribution >= 4 is 22.3 Å². The number of nitrogens with zero attached hydrogens (tertiary/aromatic N) is 2. The Kier molecular flexibility index (Phi) is 3.12. The Morgan fingerprint density at radius 1 is 0.769 bits per heavy atom. The van der Waals surface area contributed by atoms with E-state index in [1.165, 1.54) is 5.39 Å². The molecule has 0 spiro atoms. The van der Waals surface area contributed by atoms with E-state index in [1.54, 1.807) is 35.2 Å². The topological polar surface area (TPSA) is 52.0 Å². The maximum atomic E-state index is 12.9. The molecule has 4 heteroatoms. The lowest BCUT2D eigenvalue weighted by atomic mass is 9.90. The van der Waals surface area contributed by atoms with Gasteiger partial charge in [-0.1, -0.05) is 60.7 Å². The summed E-state index contributed by atoms with van der Waals surface area (Å²) in [5.41, 5.74) is 2.56. The average Bonchev–Trinajstić information content (AvgIpc) is 3.10. The summed E-state index contributed by atoms with van der Waals surface area (Å²) in [5, 5.41) is 2.32. The van der Waals surface area contributed by atoms with Gasteiger partial charge in [0, 0.05) is 17.7 Å². The van der Waals surface area contributed by atoms with Crippen LogP contribution in [0.1, 0.15) is 37.7 Å². The standard InChI is InChI=1S/C22H14N2O2/c25-21-17-7-3-4-8-18(17)22(26)20-19(21)23-13-24(20)12-14-9-10-15-5-1-2-6-16(15)11-14/h1-11,13H,12H2. The van der Waals surface area contributed by atoms with Crippen molar-refractivity contribution in [1.82, 2.24) is 9.55 Å². The van der Waals surface area contributed by atoms with Crippen LogP contribution in [0.3, 0.4) is 0 Å². The van der Waals surface area contributed by atoms with Crippen LogP contribution in [0.4, 0.5) is 0 Å². The van der Waals surface area contributed by atoms with E-state index in [0.717, 1.165) is 10.9 Å². The van der Waals surface area contributed by atoms with Gasteiger partial charge in [-0.2, -0.15) is 0 Å². The molecule has 1 aliphatic carbocycles. The molecular weight excluding hydrogens is 324 g/mol. The van der Waals surface area contributed by atoms with E-state index in [1.807, 2.05) is 18.2 Å². The number of carbonyl (C=O) groups excluding carboxylic acids is 2. The van der Waals surface area contributed by atoms with E-state index in [2.05, 4.69) is 29.2 Å². The molecule has 0 unspecified atom stereocenters. The quantitative estimate of drug-likeness (QED) is 0.491. The lowest BCUT2D eigenvalue weighted by Crippen LogP contribution is -2.23. The summed E-state index contributed by atoms with van der Waals surface area (Å²) in [6, 6.07) is 21.3. The molecule has 0 saturated heterocycles. The van der Waals surface area contributed by atoms with Crippen molar-refractivity contribution < 1.29 is 9.59 Å². The molecule has 1 aromatic heterocycles. The van der Waals surface area contributed by atoms with Crippen molar-refractivity contribution in [2.45, 2.75) is 6.54 Å². The van der Waals surface area contributed by atoms with Gasteiger partial charge in [0.05, 0.1) is 6.33 Å². The largest absolute Gasteiger partial charge is 0.323 e. The summed E-state index contributed by atoms with van der Waals surface area (Å²) in [6.45, 7) is 0.494. The van der Waals surface area contributed by atoms with Crippen LogP contribution >= 0.6 is 0 Å². The molecule has 0 fully saturated rings. The van der Waals surface area contributed by atoms with Gasteiger partial charge in [-0.3, -0.25) is 9.59 Å². The fourth-order valence-corrected chi connectivity index (χ4v) is 3.57. The van der Waals surface area contributed by atoms with Crippen LogP contribution in [-0.2, 0) is 6.54 Å². The van der Waals surface area contributed by atoms with Gasteiger partial charge in [-0.25, -0.2) is 4.98 Å². The normalized spacial score (nSPS) is 12.9. The molecule has 1 heterocycles. The average molecular weight is 338 g/mol. The van der Waals surface area contributed by atoms with Gasteiger partial charge in [0.25, 0.3) is 0 Å². The Labute approximate surface area is 149 Å². The molecule has 3 aromatic carbocycles. The minimum Gasteiger partial charge on any atom is -0.323 e. The molecular formula is C22H14N2O2. The van der Waals surface area contributed by atoms with Crippen LogP contribution in [0.2, 0.25) is 0 Å². The van der Waals surface area contributed by atoms with Crippen LogP contribution < -0.4 is 0 Å². The Hall–Kier alpha value is -3.53. The summed E-state index contributed by atoms with van der Waals surface area (Å²) in [4.78, 5) is 29.8. The van der Waals surface area contributed by atoms with E-state index in [9.17, 15) is 9.59 Å². The van der Waals surface area contributed by atoms with E-state index in [4.69, 9.17) is 0 Å². The van der Waals surface area contributed by atoms with Crippen LogP contribution in [-0.4, -0.2) is 21.1 Å². The van der Waals surface area contributed by atoms with Gasteiger partial charge < -0.3 is 4.57 Å². The Balaban J connectivity index is 1.58. The zero-order valence-electron chi connectivity index (χ0n) is 13.8. The second kappa shape index (κ2) is 5.49. The van der Waals surface area contributed by atoms with Crippen molar-refractivity contribution in [3.8, 4) is 0 Å². The summed E-state index contributed by atoms with van der Waals surface area (Å²) < 4.78 is 1.77. The Bertz CT molecular complexity index is 1200. The van der Waals surface area contributed by atoms with Gasteiger partial charge >= 0.3 is 0 Å². The highest BCUT2D eigenvalue weighted by molar-refractivity contribution is 6.27. The minimum atomic E-state index is -0.188. The monoisotopic (exact) mass is 338 g/mol. The zero-order chi connectivity index (χ0) is 17.7. The lowest BCUT2D eigenvalue weighted by Gasteiger charge is -2.16. The lowest BCUT2D eigenvalue weighted by molar-refractivity contribution is 0.0971. The highest BCUT2D eigenvalue weighted by Crippen LogP contribution is 2.27. The second-order valence-electron chi connectivity index (χ2n) is 6.46. The molecule has 0 amide bonds. The summed E-state index contributed by atoms with van der Waals surface area (Å²) in [5.74, 6) is -0.332. The van der Waals surface area contributed by atoms with Crippen molar-refractivity contribution in [1.29, 1.82) is 0 Å². The Morgan fingerprint density at radius 3 is 2.27 bits per heavy atom. The molecule has 0 aliphatic heterocycles. The van der Waals surface area contributed by atoms with Crippen LogP contribution in [0.25, 0.3) is 10.8 Å². The molecule has 26 heavy (non-hydrogen) atoms. The van der Waals surface area contributed by atoms with Crippen LogP contribution in [0, 0.1) is 0 Å². The number of ketones is 2. The smallest absolute Gasteiger partial charge is 0.214 e. The SMILES string of the molecule is O=C1c2ccccc2C(=O)c2c1ncn2Cc1ccc2ccccc2c1. The zero-order valence-corrected chi connectivity index (χ0v) is 13.8. The highest BCUT2D eigenvalue weighted by atomic mass is 16.1. The van der Waals surface area contributed by atoms with Gasteiger partial charge in [-0.05, 0) is 22.4 Å². The first-order valence-electron chi connectivity index (χ1n) is 8.43. The maximum Gasteiger partial charge on any atom is 0.214 e. The van der Waals surface area contributed by atoms with E-state index in [0.29, 0.717) is 23.4 Å². The van der Waals surface area contributed by atoms with E-state index in [-0.39, 0.29) is 17.3 Å². The highest BCUT2D eigenvalue weighted by Gasteiger charge is 2.33. The van der Waals surface area contributed by atoms with Crippen LogP contribution in [0.5, 0.6) is 0 Å².